The average Bonchev–Trinajstić information content (AvgIpc) is 2.90. The van der Waals surface area contributed by atoms with Crippen LogP contribution in [0.25, 0.3) is 10.2 Å². The molecule has 0 bridgehead atoms. The highest BCUT2D eigenvalue weighted by atomic mass is 32.1. The number of amides is 1. The molecule has 0 aliphatic heterocycles. The molecule has 1 aliphatic carbocycles. The van der Waals surface area contributed by atoms with E-state index in [1.165, 1.54) is 29.0 Å². The van der Waals surface area contributed by atoms with Crippen molar-refractivity contribution >= 4 is 27.5 Å². The first-order chi connectivity index (χ1) is 10.6. The van der Waals surface area contributed by atoms with E-state index in [1.54, 1.807) is 18.4 Å². The molecule has 1 amide bonds. The summed E-state index contributed by atoms with van der Waals surface area (Å²) in [5.74, 6) is 0.421. The summed E-state index contributed by atoms with van der Waals surface area (Å²) in [6.45, 7) is 0. The number of aryl methyl sites for hydroxylation is 3. The molecule has 3 rings (SSSR count). The standard InChI is InChI=1S/C15H19N3O3S/c1-18(21-2)12(19)8-7-11-16-14(20)13-9-5-3-4-6-10(9)22-15(13)17-11/h3-8H2,1-2H3,(H,16,17,20). The number of hydrogen-bond acceptors (Lipinski definition) is 5. The average molecular weight is 321 g/mol. The Bertz CT molecular complexity index is 765. The largest absolute Gasteiger partial charge is 0.310 e. The normalized spacial score (nSPS) is 14.1. The molecule has 0 spiro atoms. The van der Waals surface area contributed by atoms with Crippen molar-refractivity contribution < 1.29 is 9.63 Å². The number of carbonyl (C=O) groups is 1. The predicted molar refractivity (Wildman–Crippen MR) is 85.0 cm³/mol. The van der Waals surface area contributed by atoms with Gasteiger partial charge in [0.1, 0.15) is 10.7 Å². The van der Waals surface area contributed by atoms with Gasteiger partial charge in [-0.2, -0.15) is 0 Å². The highest BCUT2D eigenvalue weighted by molar-refractivity contribution is 7.18. The van der Waals surface area contributed by atoms with Crippen LogP contribution in [0.2, 0.25) is 0 Å². The maximum atomic E-state index is 12.4. The van der Waals surface area contributed by atoms with Crippen LogP contribution in [0.5, 0.6) is 0 Å². The molecule has 2 aromatic heterocycles. The molecule has 0 saturated heterocycles. The molecule has 7 heteroatoms. The molecule has 0 fully saturated rings. The number of H-pyrrole nitrogens is 1. The van der Waals surface area contributed by atoms with Crippen molar-refractivity contribution in [2.75, 3.05) is 14.2 Å². The van der Waals surface area contributed by atoms with Gasteiger partial charge in [0.25, 0.3) is 5.56 Å². The first-order valence-electron chi connectivity index (χ1n) is 7.44. The molecule has 0 radical (unpaired) electrons. The third-order valence-corrected chi connectivity index (χ3v) is 5.26. The van der Waals surface area contributed by atoms with Crippen molar-refractivity contribution in [2.24, 2.45) is 0 Å². The topological polar surface area (TPSA) is 75.3 Å². The third kappa shape index (κ3) is 2.78. The van der Waals surface area contributed by atoms with Crippen molar-refractivity contribution in [3.63, 3.8) is 0 Å². The highest BCUT2D eigenvalue weighted by Crippen LogP contribution is 2.33. The second-order valence-electron chi connectivity index (χ2n) is 5.48. The Labute approximate surface area is 132 Å². The van der Waals surface area contributed by atoms with Crippen LogP contribution in [-0.2, 0) is 28.9 Å². The molecule has 6 nitrogen and oxygen atoms in total. The number of aromatic amines is 1. The summed E-state index contributed by atoms with van der Waals surface area (Å²) >= 11 is 1.62. The minimum absolute atomic E-state index is 0.0769. The minimum atomic E-state index is -0.143. The van der Waals surface area contributed by atoms with E-state index in [1.807, 2.05) is 0 Å². The molecule has 1 aliphatic rings. The number of thiophene rings is 1. The molecule has 1 N–H and O–H groups in total. The van der Waals surface area contributed by atoms with Gasteiger partial charge in [0.05, 0.1) is 12.5 Å². The summed E-state index contributed by atoms with van der Waals surface area (Å²) in [6.07, 6.45) is 4.99. The van der Waals surface area contributed by atoms with Gasteiger partial charge in [0.15, 0.2) is 0 Å². The molecule has 22 heavy (non-hydrogen) atoms. The van der Waals surface area contributed by atoms with Crippen LogP contribution in [0, 0.1) is 0 Å². The van der Waals surface area contributed by atoms with Crippen LogP contribution in [-0.4, -0.2) is 35.1 Å². The van der Waals surface area contributed by atoms with Crippen molar-refractivity contribution in [1.82, 2.24) is 15.0 Å². The van der Waals surface area contributed by atoms with E-state index in [9.17, 15) is 9.59 Å². The van der Waals surface area contributed by atoms with Crippen LogP contribution in [0.3, 0.4) is 0 Å². The van der Waals surface area contributed by atoms with Crippen LogP contribution in [0.4, 0.5) is 0 Å². The van der Waals surface area contributed by atoms with Crippen molar-refractivity contribution in [2.45, 2.75) is 38.5 Å². The fourth-order valence-corrected chi connectivity index (χ4v) is 4.09. The molecule has 2 heterocycles. The van der Waals surface area contributed by atoms with Gasteiger partial charge < -0.3 is 4.98 Å². The first-order valence-corrected chi connectivity index (χ1v) is 8.26. The van der Waals surface area contributed by atoms with Gasteiger partial charge in [0, 0.05) is 24.8 Å². The number of nitrogens with one attached hydrogen (secondary N) is 1. The maximum absolute atomic E-state index is 12.4. The van der Waals surface area contributed by atoms with Gasteiger partial charge in [-0.15, -0.1) is 11.3 Å². The fourth-order valence-electron chi connectivity index (χ4n) is 2.81. The molecule has 0 saturated carbocycles. The molecule has 0 aromatic carbocycles. The Balaban J connectivity index is 1.87. The Morgan fingerprint density at radius 1 is 1.41 bits per heavy atom. The summed E-state index contributed by atoms with van der Waals surface area (Å²) in [6, 6.07) is 0. The van der Waals surface area contributed by atoms with E-state index in [0.29, 0.717) is 12.2 Å². The zero-order valence-electron chi connectivity index (χ0n) is 12.8. The number of fused-ring (bicyclic) bond motifs is 3. The number of carbonyl (C=O) groups excluding carboxylic acids is 1. The maximum Gasteiger partial charge on any atom is 0.259 e. The smallest absolute Gasteiger partial charge is 0.259 e. The molecular weight excluding hydrogens is 302 g/mol. The summed E-state index contributed by atoms with van der Waals surface area (Å²) in [5.41, 5.74) is 1.11. The van der Waals surface area contributed by atoms with Crippen LogP contribution in [0.15, 0.2) is 4.79 Å². The zero-order chi connectivity index (χ0) is 15.7. The Morgan fingerprint density at radius 3 is 2.95 bits per heavy atom. The van der Waals surface area contributed by atoms with Gasteiger partial charge in [-0.1, -0.05) is 0 Å². The van der Waals surface area contributed by atoms with E-state index in [4.69, 9.17) is 4.84 Å². The van der Waals surface area contributed by atoms with Gasteiger partial charge in [-0.05, 0) is 31.2 Å². The van der Waals surface area contributed by atoms with Crippen LogP contribution >= 0.6 is 11.3 Å². The van der Waals surface area contributed by atoms with E-state index in [2.05, 4.69) is 9.97 Å². The van der Waals surface area contributed by atoms with E-state index in [0.717, 1.165) is 29.5 Å². The summed E-state index contributed by atoms with van der Waals surface area (Å²) in [7, 11) is 3.01. The Hall–Kier alpha value is -1.73. The van der Waals surface area contributed by atoms with E-state index >= 15 is 0 Å². The molecule has 0 atom stereocenters. The molecule has 0 unspecified atom stereocenters. The van der Waals surface area contributed by atoms with Crippen LogP contribution < -0.4 is 5.56 Å². The number of nitrogens with zero attached hydrogens (tertiary/aromatic N) is 2. The lowest BCUT2D eigenvalue weighted by molar-refractivity contribution is -0.168. The second-order valence-corrected chi connectivity index (χ2v) is 6.56. The fraction of sp³-hybridized carbons (Fsp3) is 0.533. The quantitative estimate of drug-likeness (QED) is 0.872. The monoisotopic (exact) mass is 321 g/mol. The summed E-state index contributed by atoms with van der Waals surface area (Å²) in [5, 5.41) is 1.93. The van der Waals surface area contributed by atoms with Gasteiger partial charge >= 0.3 is 0 Å². The van der Waals surface area contributed by atoms with E-state index < -0.39 is 0 Å². The number of hydrogen-bond donors (Lipinski definition) is 1. The molecule has 2 aromatic rings. The SMILES string of the molecule is CON(C)C(=O)CCc1nc2sc3c(c2c(=O)[nH]1)CCCC3. The van der Waals surface area contributed by atoms with Gasteiger partial charge in [-0.3, -0.25) is 14.4 Å². The van der Waals surface area contributed by atoms with Crippen molar-refractivity contribution in [3.8, 4) is 0 Å². The zero-order valence-corrected chi connectivity index (χ0v) is 13.6. The number of hydroxylamine groups is 2. The third-order valence-electron chi connectivity index (χ3n) is 4.07. The lowest BCUT2D eigenvalue weighted by atomic mass is 9.97. The second kappa shape index (κ2) is 6.18. The van der Waals surface area contributed by atoms with Crippen molar-refractivity contribution in [1.29, 1.82) is 0 Å². The van der Waals surface area contributed by atoms with E-state index in [-0.39, 0.29) is 17.9 Å². The lowest BCUT2D eigenvalue weighted by Gasteiger charge is -2.12. The number of rotatable bonds is 4. The minimum Gasteiger partial charge on any atom is -0.310 e. The van der Waals surface area contributed by atoms with Crippen LogP contribution in [0.1, 0.15) is 35.5 Å². The molecular formula is C15H19N3O3S. The summed E-state index contributed by atoms with van der Waals surface area (Å²) < 4.78 is 0. The Kier molecular flexibility index (Phi) is 4.26. The van der Waals surface area contributed by atoms with Crippen molar-refractivity contribution in [3.05, 3.63) is 26.6 Å². The lowest BCUT2D eigenvalue weighted by Crippen LogP contribution is -2.26. The first kappa shape index (κ1) is 15.2. The van der Waals surface area contributed by atoms with Gasteiger partial charge in [-0.25, -0.2) is 10.0 Å². The van der Waals surface area contributed by atoms with Gasteiger partial charge in [0.2, 0.25) is 5.91 Å². The highest BCUT2D eigenvalue weighted by Gasteiger charge is 2.20. The number of aromatic nitrogens is 2. The Morgan fingerprint density at radius 2 is 2.18 bits per heavy atom. The molecule has 118 valence electrons. The predicted octanol–water partition coefficient (Wildman–Crippen LogP) is 1.82. The summed E-state index contributed by atoms with van der Waals surface area (Å²) in [4.78, 5) is 38.4.